The molecule has 7 heteroatoms. The number of rotatable bonds is 12. The van der Waals surface area contributed by atoms with Crippen LogP contribution >= 0.6 is 0 Å². The predicted molar refractivity (Wildman–Crippen MR) is 161 cm³/mol. The molecule has 0 radical (unpaired) electrons. The van der Waals surface area contributed by atoms with E-state index in [0.717, 1.165) is 19.3 Å². The number of Topliss-reactive ketones (excluding diaryl/α,β-unsaturated/α-hetero) is 1. The summed E-state index contributed by atoms with van der Waals surface area (Å²) in [4.78, 5) is 11.6. The zero-order chi connectivity index (χ0) is 30.6. The summed E-state index contributed by atoms with van der Waals surface area (Å²) in [5.41, 5.74) is 0. The first kappa shape index (κ1) is 34.9. The molecular weight excluding hydrogens is 520 g/mol. The third kappa shape index (κ3) is 7.94. The number of hydrogen-bond acceptors (Lipinski definition) is 7. The molecule has 3 heterocycles. The summed E-state index contributed by atoms with van der Waals surface area (Å²) in [6, 6.07) is 0. The Kier molecular flexibility index (Phi) is 13.1. The molecule has 0 spiro atoms. The van der Waals surface area contributed by atoms with Gasteiger partial charge in [-0.15, -0.1) is 0 Å². The molecule has 41 heavy (non-hydrogen) atoms. The van der Waals surface area contributed by atoms with Gasteiger partial charge >= 0.3 is 0 Å². The molecule has 3 fully saturated rings. The molecule has 16 atom stereocenters. The minimum absolute atomic E-state index is 0.00328. The lowest BCUT2D eigenvalue weighted by atomic mass is 9.78. The largest absolute Gasteiger partial charge is 0.352 e. The molecule has 0 aromatic heterocycles. The second-order valence-electron chi connectivity index (χ2n) is 13.7. The minimum atomic E-state index is -0.326. The highest BCUT2D eigenvalue weighted by Crippen LogP contribution is 2.43. The molecule has 0 amide bonds. The zero-order valence-electron chi connectivity index (χ0n) is 28.1. The quantitative estimate of drug-likeness (QED) is 0.240. The molecular formula is C34H62O7. The second-order valence-corrected chi connectivity index (χ2v) is 13.7. The second kappa shape index (κ2) is 15.4. The summed E-state index contributed by atoms with van der Waals surface area (Å²) in [6.45, 7) is 26.5. The van der Waals surface area contributed by atoms with E-state index in [4.69, 9.17) is 28.4 Å². The fraction of sp³-hybridized carbons (Fsp3) is 0.971. The van der Waals surface area contributed by atoms with Gasteiger partial charge in [0, 0.05) is 23.7 Å². The van der Waals surface area contributed by atoms with Crippen molar-refractivity contribution in [2.24, 2.45) is 47.3 Å². The number of ketones is 1. The van der Waals surface area contributed by atoms with Crippen molar-refractivity contribution in [1.29, 1.82) is 0 Å². The average molecular weight is 583 g/mol. The molecule has 0 saturated carbocycles. The summed E-state index contributed by atoms with van der Waals surface area (Å²) in [7, 11) is 0. The molecule has 0 N–H and O–H groups in total. The maximum atomic E-state index is 11.6. The molecule has 3 aliphatic heterocycles. The highest BCUT2D eigenvalue weighted by atomic mass is 16.7. The number of carbonyl (C=O) groups is 1. The van der Waals surface area contributed by atoms with Crippen molar-refractivity contribution in [3.63, 3.8) is 0 Å². The van der Waals surface area contributed by atoms with Gasteiger partial charge in [0.1, 0.15) is 5.78 Å². The first-order valence-corrected chi connectivity index (χ1v) is 16.7. The van der Waals surface area contributed by atoms with Crippen LogP contribution in [-0.2, 0) is 33.2 Å². The monoisotopic (exact) mass is 582 g/mol. The van der Waals surface area contributed by atoms with Crippen molar-refractivity contribution >= 4 is 5.78 Å². The van der Waals surface area contributed by atoms with E-state index in [1.54, 1.807) is 6.92 Å². The topological polar surface area (TPSA) is 72.5 Å². The van der Waals surface area contributed by atoms with Gasteiger partial charge in [0.25, 0.3) is 0 Å². The van der Waals surface area contributed by atoms with Crippen LogP contribution in [0.4, 0.5) is 0 Å². The van der Waals surface area contributed by atoms with E-state index in [0.29, 0.717) is 30.8 Å². The van der Waals surface area contributed by atoms with Crippen molar-refractivity contribution < 1.29 is 33.2 Å². The van der Waals surface area contributed by atoms with Gasteiger partial charge in [0.05, 0.1) is 37.1 Å². The minimum Gasteiger partial charge on any atom is -0.352 e. The van der Waals surface area contributed by atoms with E-state index in [2.05, 4.69) is 69.2 Å². The fourth-order valence-corrected chi connectivity index (χ4v) is 6.93. The van der Waals surface area contributed by atoms with Crippen molar-refractivity contribution in [2.45, 2.75) is 158 Å². The van der Waals surface area contributed by atoms with Crippen LogP contribution in [0, 0.1) is 47.3 Å². The van der Waals surface area contributed by atoms with Crippen LogP contribution < -0.4 is 0 Å². The molecule has 0 bridgehead atoms. The molecule has 3 saturated heterocycles. The lowest BCUT2D eigenvalue weighted by Crippen LogP contribution is -2.57. The smallest absolute Gasteiger partial charge is 0.161 e. The van der Waals surface area contributed by atoms with E-state index in [1.165, 1.54) is 0 Å². The molecule has 0 aromatic carbocycles. The van der Waals surface area contributed by atoms with Crippen molar-refractivity contribution in [2.75, 3.05) is 6.61 Å². The van der Waals surface area contributed by atoms with Crippen LogP contribution in [0.15, 0.2) is 0 Å². The average Bonchev–Trinajstić information content (AvgIpc) is 2.95. The predicted octanol–water partition coefficient (Wildman–Crippen LogP) is 7.25. The Hall–Kier alpha value is -0.570. The Bertz CT molecular complexity index is 800. The van der Waals surface area contributed by atoms with Crippen LogP contribution in [0.2, 0.25) is 0 Å². The van der Waals surface area contributed by atoms with Gasteiger partial charge < -0.3 is 28.4 Å². The SMILES string of the molecule is CCC1O[C@@H](O[C@H]2C(CC)O[C@@H](O[C@H]3C(CC)OC(OCCC(C)C(C)=O)C(C)[C@H]3C)C(C)[C@H]2C)C(C)[C@@H](C)[C@H]1C. The number of carbonyl (C=O) groups excluding carboxylic acids is 1. The molecule has 0 aliphatic carbocycles. The first-order chi connectivity index (χ1) is 19.4. The van der Waals surface area contributed by atoms with Gasteiger partial charge in [0.2, 0.25) is 0 Å². The molecule has 7 nitrogen and oxygen atoms in total. The van der Waals surface area contributed by atoms with Crippen LogP contribution in [0.1, 0.15) is 109 Å². The van der Waals surface area contributed by atoms with E-state index in [9.17, 15) is 4.79 Å². The highest BCUT2D eigenvalue weighted by molar-refractivity contribution is 5.77. The Morgan fingerprint density at radius 1 is 0.610 bits per heavy atom. The van der Waals surface area contributed by atoms with E-state index >= 15 is 0 Å². The maximum Gasteiger partial charge on any atom is 0.161 e. The van der Waals surface area contributed by atoms with Gasteiger partial charge in [-0.3, -0.25) is 4.79 Å². The van der Waals surface area contributed by atoms with Crippen LogP contribution in [0.25, 0.3) is 0 Å². The Morgan fingerprint density at radius 2 is 1.02 bits per heavy atom. The van der Waals surface area contributed by atoms with Gasteiger partial charge in [-0.25, -0.2) is 0 Å². The van der Waals surface area contributed by atoms with Crippen LogP contribution in [-0.4, -0.2) is 61.8 Å². The summed E-state index contributed by atoms with van der Waals surface area (Å²) < 4.78 is 39.5. The fourth-order valence-electron chi connectivity index (χ4n) is 6.93. The molecule has 3 aliphatic rings. The van der Waals surface area contributed by atoms with Gasteiger partial charge in [-0.05, 0) is 56.3 Å². The van der Waals surface area contributed by atoms with Crippen molar-refractivity contribution in [1.82, 2.24) is 0 Å². The van der Waals surface area contributed by atoms with Crippen molar-refractivity contribution in [3.05, 3.63) is 0 Å². The zero-order valence-corrected chi connectivity index (χ0v) is 28.1. The summed E-state index contributed by atoms with van der Waals surface area (Å²) in [6.07, 6.45) is 2.51. The van der Waals surface area contributed by atoms with Gasteiger partial charge in [-0.1, -0.05) is 76.2 Å². The Labute approximate surface area is 251 Å². The normalized spacial score (nSPS) is 46.3. The highest BCUT2D eigenvalue weighted by Gasteiger charge is 2.49. The lowest BCUT2D eigenvalue weighted by molar-refractivity contribution is -0.348. The van der Waals surface area contributed by atoms with E-state index < -0.39 is 0 Å². The third-order valence-corrected chi connectivity index (χ3v) is 11.2. The van der Waals surface area contributed by atoms with E-state index in [1.807, 2.05) is 6.92 Å². The van der Waals surface area contributed by atoms with Gasteiger partial charge in [0.15, 0.2) is 18.9 Å². The van der Waals surface area contributed by atoms with Crippen LogP contribution in [0.3, 0.4) is 0 Å². The first-order valence-electron chi connectivity index (χ1n) is 16.7. The standard InChI is InChI=1S/C34H62O7/c1-13-27-20(6)19(5)23(9)33(37-27)40-31-22(8)25(11)34(39-29(31)15-3)41-30-21(7)24(10)32(38-28(30)14-2)36-17-16-18(4)26(12)35/h18-25,27-34H,13-17H2,1-12H3/t18?,19-,20+,21+,22+,23?,24?,25?,27?,28?,29?,30+,31+,32?,33-,34-/m0/s1. The maximum absolute atomic E-state index is 11.6. The molecule has 240 valence electrons. The Balaban J connectivity index is 1.65. The lowest BCUT2D eigenvalue weighted by Gasteiger charge is -2.51. The molecule has 0 aromatic rings. The number of ether oxygens (including phenoxy) is 6. The van der Waals surface area contributed by atoms with Gasteiger partial charge in [-0.2, -0.15) is 0 Å². The summed E-state index contributed by atoms with van der Waals surface area (Å²) in [5.74, 6) is 2.39. The molecule has 3 rings (SSSR count). The molecule has 8 unspecified atom stereocenters. The summed E-state index contributed by atoms with van der Waals surface area (Å²) in [5, 5.41) is 0. The van der Waals surface area contributed by atoms with E-state index in [-0.39, 0.29) is 84.8 Å². The van der Waals surface area contributed by atoms with Crippen molar-refractivity contribution in [3.8, 4) is 0 Å². The summed E-state index contributed by atoms with van der Waals surface area (Å²) >= 11 is 0. The van der Waals surface area contributed by atoms with Crippen LogP contribution in [0.5, 0.6) is 0 Å². The Morgan fingerprint density at radius 3 is 1.49 bits per heavy atom. The number of hydrogen-bond donors (Lipinski definition) is 0. The third-order valence-electron chi connectivity index (χ3n) is 11.2.